The molecule has 2 rings (SSSR count). The van der Waals surface area contributed by atoms with Gasteiger partial charge in [0.1, 0.15) is 5.82 Å². The van der Waals surface area contributed by atoms with Crippen LogP contribution in [0.1, 0.15) is 33.9 Å². The molecule has 10 heteroatoms. The van der Waals surface area contributed by atoms with Crippen molar-refractivity contribution in [3.05, 3.63) is 47.0 Å². The number of hydrogen-bond acceptors (Lipinski definition) is 4. The monoisotopic (exact) mass is 373 g/mol. The molecule has 0 aliphatic carbocycles. The minimum Gasteiger partial charge on any atom is -0.478 e. The Labute approximate surface area is 143 Å². The molecule has 0 unspecified atom stereocenters. The zero-order valence-corrected chi connectivity index (χ0v) is 14.6. The number of nitrogens with zero attached hydrogens (tertiary/aromatic N) is 3. The van der Waals surface area contributed by atoms with E-state index >= 15 is 0 Å². The first-order valence-corrected chi connectivity index (χ1v) is 8.60. The lowest BCUT2D eigenvalue weighted by Gasteiger charge is -2.20. The van der Waals surface area contributed by atoms with Crippen molar-refractivity contribution in [2.24, 2.45) is 0 Å². The Morgan fingerprint density at radius 1 is 1.36 bits per heavy atom. The molecule has 25 heavy (non-hydrogen) atoms. The van der Waals surface area contributed by atoms with Crippen molar-refractivity contribution >= 4 is 16.0 Å². The first-order chi connectivity index (χ1) is 11.6. The number of carboxylic acids is 1. The maximum atomic E-state index is 12.9. The van der Waals surface area contributed by atoms with Crippen molar-refractivity contribution in [1.29, 1.82) is 0 Å². The van der Waals surface area contributed by atoms with Crippen molar-refractivity contribution in [1.82, 2.24) is 13.9 Å². The van der Waals surface area contributed by atoms with Crippen molar-refractivity contribution in [2.75, 3.05) is 7.05 Å². The standard InChI is InChI=1S/C15H17F2N3O4S/c1-9-6-11(14(21)22)7-12(10(9)2)25(23,24)19(3)8-13-18-4-5-20(13)15(16)17/h4-7,15H,8H2,1-3H3,(H,21,22). The molecular weight excluding hydrogens is 356 g/mol. The van der Waals surface area contributed by atoms with Gasteiger partial charge in [0.05, 0.1) is 17.0 Å². The molecule has 1 N–H and O–H groups in total. The number of imidazole rings is 1. The van der Waals surface area contributed by atoms with Crippen LogP contribution in [0.5, 0.6) is 0 Å². The molecule has 0 amide bonds. The van der Waals surface area contributed by atoms with Gasteiger partial charge in [-0.1, -0.05) is 0 Å². The van der Waals surface area contributed by atoms with Crippen molar-refractivity contribution in [3.8, 4) is 0 Å². The van der Waals surface area contributed by atoms with Crippen LogP contribution in [0.4, 0.5) is 8.78 Å². The number of aromatic nitrogens is 2. The zero-order valence-electron chi connectivity index (χ0n) is 13.8. The van der Waals surface area contributed by atoms with Gasteiger partial charge in [0, 0.05) is 19.4 Å². The first-order valence-electron chi connectivity index (χ1n) is 7.16. The molecule has 0 spiro atoms. The van der Waals surface area contributed by atoms with E-state index in [1.54, 1.807) is 13.8 Å². The number of benzene rings is 1. The van der Waals surface area contributed by atoms with Gasteiger partial charge in [-0.05, 0) is 37.1 Å². The van der Waals surface area contributed by atoms with E-state index < -0.39 is 22.5 Å². The smallest absolute Gasteiger partial charge is 0.335 e. The van der Waals surface area contributed by atoms with Gasteiger partial charge in [0.15, 0.2) is 0 Å². The summed E-state index contributed by atoms with van der Waals surface area (Å²) in [5, 5.41) is 9.13. The Morgan fingerprint density at radius 2 is 2.00 bits per heavy atom. The summed E-state index contributed by atoms with van der Waals surface area (Å²) in [6.07, 6.45) is 2.21. The molecule has 0 saturated heterocycles. The average molecular weight is 373 g/mol. The van der Waals surface area contributed by atoms with Gasteiger partial charge < -0.3 is 5.11 Å². The average Bonchev–Trinajstić information content (AvgIpc) is 2.97. The maximum Gasteiger partial charge on any atom is 0.335 e. The fraction of sp³-hybridized carbons (Fsp3) is 0.333. The summed E-state index contributed by atoms with van der Waals surface area (Å²) in [6, 6.07) is 2.44. The maximum absolute atomic E-state index is 12.9. The minimum absolute atomic E-state index is 0.121. The van der Waals surface area contributed by atoms with Crippen LogP contribution in [0.3, 0.4) is 0 Å². The summed E-state index contributed by atoms with van der Waals surface area (Å²) in [5.74, 6) is -1.37. The van der Waals surface area contributed by atoms with Gasteiger partial charge in [0.25, 0.3) is 0 Å². The van der Waals surface area contributed by atoms with Crippen molar-refractivity contribution in [2.45, 2.75) is 31.8 Å². The number of rotatable bonds is 6. The normalized spacial score (nSPS) is 12.1. The van der Waals surface area contributed by atoms with Crippen molar-refractivity contribution in [3.63, 3.8) is 0 Å². The lowest BCUT2D eigenvalue weighted by molar-refractivity contribution is 0.0656. The number of halogens is 2. The Balaban J connectivity index is 2.44. The highest BCUT2D eigenvalue weighted by molar-refractivity contribution is 7.89. The van der Waals surface area contributed by atoms with Crippen LogP contribution in [0.25, 0.3) is 0 Å². The number of alkyl halides is 2. The molecule has 136 valence electrons. The Kier molecular flexibility index (Phi) is 5.23. The van der Waals surface area contributed by atoms with E-state index in [9.17, 15) is 22.0 Å². The predicted molar refractivity (Wildman–Crippen MR) is 85.0 cm³/mol. The molecule has 0 fully saturated rings. The third kappa shape index (κ3) is 3.69. The summed E-state index contributed by atoms with van der Waals surface area (Å²) in [4.78, 5) is 14.8. The Morgan fingerprint density at radius 3 is 2.56 bits per heavy atom. The van der Waals surface area contributed by atoms with E-state index in [4.69, 9.17) is 5.11 Å². The number of hydrogen-bond donors (Lipinski definition) is 1. The molecule has 0 saturated carbocycles. The van der Waals surface area contributed by atoms with Crippen LogP contribution < -0.4 is 0 Å². The Hall–Kier alpha value is -2.33. The van der Waals surface area contributed by atoms with Crippen LogP contribution in [0.15, 0.2) is 29.4 Å². The second kappa shape index (κ2) is 6.89. The number of sulfonamides is 1. The molecule has 0 aliphatic rings. The molecule has 1 aromatic heterocycles. The van der Waals surface area contributed by atoms with Crippen LogP contribution in [-0.2, 0) is 16.6 Å². The molecule has 0 radical (unpaired) electrons. The summed E-state index contributed by atoms with van der Waals surface area (Å²) >= 11 is 0. The third-order valence-corrected chi connectivity index (χ3v) is 5.81. The summed E-state index contributed by atoms with van der Waals surface area (Å²) in [5.41, 5.74) is 0.735. The lowest BCUT2D eigenvalue weighted by Crippen LogP contribution is -2.29. The van der Waals surface area contributed by atoms with E-state index in [0.29, 0.717) is 15.7 Å². The fourth-order valence-corrected chi connectivity index (χ4v) is 3.76. The van der Waals surface area contributed by atoms with Crippen LogP contribution in [0.2, 0.25) is 0 Å². The molecular formula is C15H17F2N3O4S. The van der Waals surface area contributed by atoms with E-state index in [-0.39, 0.29) is 22.8 Å². The Bertz CT molecular complexity index is 909. The predicted octanol–water partition coefficient (Wildman–Crippen LogP) is 2.41. The van der Waals surface area contributed by atoms with E-state index in [2.05, 4.69) is 4.98 Å². The minimum atomic E-state index is -4.09. The van der Waals surface area contributed by atoms with Gasteiger partial charge in [-0.2, -0.15) is 13.1 Å². The van der Waals surface area contributed by atoms with Gasteiger partial charge in [-0.25, -0.2) is 18.2 Å². The second-order valence-corrected chi connectivity index (χ2v) is 7.52. The number of carboxylic acid groups (broad SMARTS) is 1. The molecule has 0 atom stereocenters. The third-order valence-electron chi connectivity index (χ3n) is 3.88. The van der Waals surface area contributed by atoms with Crippen LogP contribution in [-0.4, -0.2) is 40.4 Å². The lowest BCUT2D eigenvalue weighted by atomic mass is 10.1. The molecule has 2 aromatic rings. The van der Waals surface area contributed by atoms with E-state index in [0.717, 1.165) is 22.8 Å². The summed E-state index contributed by atoms with van der Waals surface area (Å²) < 4.78 is 52.8. The molecule has 1 heterocycles. The highest BCUT2D eigenvalue weighted by atomic mass is 32.2. The molecule has 0 bridgehead atoms. The number of carbonyl (C=O) groups is 1. The second-order valence-electron chi connectivity index (χ2n) is 5.51. The number of aryl methyl sites for hydroxylation is 1. The quantitative estimate of drug-likeness (QED) is 0.839. The van der Waals surface area contributed by atoms with Gasteiger partial charge in [-0.3, -0.25) is 4.57 Å². The largest absolute Gasteiger partial charge is 0.478 e. The molecule has 7 nitrogen and oxygen atoms in total. The number of aromatic carboxylic acids is 1. The topological polar surface area (TPSA) is 92.5 Å². The molecule has 1 aromatic carbocycles. The highest BCUT2D eigenvalue weighted by Gasteiger charge is 2.27. The first kappa shape index (κ1) is 19.0. The summed E-state index contributed by atoms with van der Waals surface area (Å²) in [7, 11) is -2.87. The van der Waals surface area contributed by atoms with Crippen LogP contribution >= 0.6 is 0 Å². The molecule has 0 aliphatic heterocycles. The van der Waals surface area contributed by atoms with Crippen molar-refractivity contribution < 1.29 is 27.1 Å². The summed E-state index contributed by atoms with van der Waals surface area (Å²) in [6.45, 7) is -0.0606. The van der Waals surface area contributed by atoms with Crippen LogP contribution in [0, 0.1) is 13.8 Å². The fourth-order valence-electron chi connectivity index (χ4n) is 2.31. The van der Waals surface area contributed by atoms with Gasteiger partial charge in [0.2, 0.25) is 10.0 Å². The van der Waals surface area contributed by atoms with E-state index in [1.165, 1.54) is 13.1 Å². The SMILES string of the molecule is Cc1cc(C(=O)O)cc(S(=O)(=O)N(C)Cc2nccn2C(F)F)c1C. The van der Waals surface area contributed by atoms with E-state index in [1.807, 2.05) is 0 Å². The highest BCUT2D eigenvalue weighted by Crippen LogP contribution is 2.25. The van der Waals surface area contributed by atoms with Gasteiger partial charge in [-0.15, -0.1) is 0 Å². The zero-order chi connectivity index (χ0) is 18.9. The van der Waals surface area contributed by atoms with Gasteiger partial charge >= 0.3 is 12.5 Å².